The van der Waals surface area contributed by atoms with E-state index in [0.717, 1.165) is 6.07 Å². The van der Waals surface area contributed by atoms with Crippen LogP contribution >= 0.6 is 20.3 Å². The second kappa shape index (κ2) is 10.1. The highest BCUT2D eigenvalue weighted by atomic mass is 35.5. The Morgan fingerprint density at radius 1 is 1.28 bits per heavy atom. The molecule has 0 N–H and O–H groups in total. The largest absolute Gasteiger partial charge is 0.493 e. The maximum atomic E-state index is 15.0. The Hall–Kier alpha value is -2.97. The molecule has 0 saturated carbocycles. The lowest BCUT2D eigenvalue weighted by Crippen LogP contribution is -2.28. The van der Waals surface area contributed by atoms with Crippen LogP contribution in [0.3, 0.4) is 0 Å². The van der Waals surface area contributed by atoms with Gasteiger partial charge in [-0.15, -0.1) is 0 Å². The standard InChI is InChI=1S/C20H20ClF2N4O4P/c1-5-6-31-18-11(8-24-19-12(18)9-25-27(19)32-4)10-26(20(21)28)17-15(22)13(29-2)7-14(30-3)16(17)23/h5,7-9,32H,1,6,10H2,2-4H3. The summed E-state index contributed by atoms with van der Waals surface area (Å²) in [5.41, 5.74) is 0.201. The van der Waals surface area contributed by atoms with Gasteiger partial charge in [0.15, 0.2) is 28.8 Å². The van der Waals surface area contributed by atoms with Gasteiger partial charge in [0.2, 0.25) is 0 Å². The third-order valence-corrected chi connectivity index (χ3v) is 5.50. The highest BCUT2D eigenvalue weighted by Crippen LogP contribution is 2.39. The lowest BCUT2D eigenvalue weighted by molar-refractivity contribution is 0.263. The van der Waals surface area contributed by atoms with E-state index in [1.165, 1.54) is 20.4 Å². The molecular formula is C20H20ClF2N4O4P. The first-order valence-electron chi connectivity index (χ1n) is 9.21. The predicted molar refractivity (Wildman–Crippen MR) is 120 cm³/mol. The van der Waals surface area contributed by atoms with Gasteiger partial charge >= 0.3 is 5.37 Å². The van der Waals surface area contributed by atoms with Crippen LogP contribution in [0.25, 0.3) is 11.0 Å². The third-order valence-electron chi connectivity index (χ3n) is 4.54. The number of carbonyl (C=O) groups excluding carboxylic acids is 1. The van der Waals surface area contributed by atoms with Crippen molar-refractivity contribution in [1.82, 2.24) is 14.5 Å². The summed E-state index contributed by atoms with van der Waals surface area (Å²) in [6.07, 6.45) is 4.56. The van der Waals surface area contributed by atoms with E-state index in [4.69, 9.17) is 25.8 Å². The van der Waals surface area contributed by atoms with Gasteiger partial charge < -0.3 is 14.2 Å². The molecular weight excluding hydrogens is 465 g/mol. The van der Waals surface area contributed by atoms with Crippen molar-refractivity contribution in [1.29, 1.82) is 0 Å². The second-order valence-electron chi connectivity index (χ2n) is 6.33. The predicted octanol–water partition coefficient (Wildman–Crippen LogP) is 4.73. The lowest BCUT2D eigenvalue weighted by atomic mass is 10.1. The van der Waals surface area contributed by atoms with Crippen molar-refractivity contribution < 1.29 is 27.8 Å². The monoisotopic (exact) mass is 484 g/mol. The van der Waals surface area contributed by atoms with Gasteiger partial charge in [-0.2, -0.15) is 5.10 Å². The quantitative estimate of drug-likeness (QED) is 0.189. The normalized spacial score (nSPS) is 11.2. The van der Waals surface area contributed by atoms with Crippen LogP contribution in [0.4, 0.5) is 19.3 Å². The van der Waals surface area contributed by atoms with Crippen LogP contribution < -0.4 is 19.1 Å². The van der Waals surface area contributed by atoms with E-state index in [9.17, 15) is 4.79 Å². The van der Waals surface area contributed by atoms with E-state index >= 15 is 8.78 Å². The third kappa shape index (κ3) is 4.33. The number of halogens is 3. The fraction of sp³-hybridized carbons (Fsp3) is 0.250. The van der Waals surface area contributed by atoms with Crippen molar-refractivity contribution >= 4 is 42.4 Å². The summed E-state index contributed by atoms with van der Waals surface area (Å²) in [6, 6.07) is 1.04. The first-order valence-corrected chi connectivity index (χ1v) is 11.0. The molecule has 0 saturated heterocycles. The highest BCUT2D eigenvalue weighted by molar-refractivity contribution is 7.35. The minimum atomic E-state index is -1.13. The van der Waals surface area contributed by atoms with Crippen LogP contribution in [-0.4, -0.2) is 47.4 Å². The van der Waals surface area contributed by atoms with Crippen LogP contribution in [0.5, 0.6) is 17.2 Å². The number of carbonyl (C=O) groups is 1. The summed E-state index contributed by atoms with van der Waals surface area (Å²) < 4.78 is 47.4. The highest BCUT2D eigenvalue weighted by Gasteiger charge is 2.29. The van der Waals surface area contributed by atoms with Gasteiger partial charge in [-0.25, -0.2) is 18.2 Å². The van der Waals surface area contributed by atoms with Gasteiger partial charge in [-0.3, -0.25) is 9.69 Å². The second-order valence-corrected chi connectivity index (χ2v) is 7.52. The van der Waals surface area contributed by atoms with Crippen molar-refractivity contribution in [2.24, 2.45) is 0 Å². The number of hydrogen-bond donors (Lipinski definition) is 0. The fourth-order valence-corrected chi connectivity index (χ4v) is 3.80. The molecule has 0 aliphatic heterocycles. The minimum Gasteiger partial charge on any atom is -0.493 e. The van der Waals surface area contributed by atoms with Crippen LogP contribution in [0.1, 0.15) is 5.56 Å². The molecule has 2 aromatic heterocycles. The summed E-state index contributed by atoms with van der Waals surface area (Å²) in [7, 11) is 2.73. The van der Waals surface area contributed by atoms with Crippen molar-refractivity contribution in [3.05, 3.63) is 48.3 Å². The van der Waals surface area contributed by atoms with Crippen LogP contribution in [0.15, 0.2) is 31.1 Å². The van der Waals surface area contributed by atoms with Crippen LogP contribution in [0.2, 0.25) is 0 Å². The first-order chi connectivity index (χ1) is 15.4. The number of rotatable bonds is 9. The molecule has 8 nitrogen and oxygen atoms in total. The SMILES string of the molecule is C=CCOc1c(CN(C(=O)Cl)c2c(F)c(OC)cc(OC)c2F)cnc2c1cnn2PC. The van der Waals surface area contributed by atoms with Gasteiger partial charge in [0, 0.05) is 26.6 Å². The topological polar surface area (TPSA) is 78.7 Å². The Morgan fingerprint density at radius 3 is 2.47 bits per heavy atom. The number of pyridine rings is 1. The molecule has 0 bridgehead atoms. The lowest BCUT2D eigenvalue weighted by Gasteiger charge is -2.24. The number of anilines is 1. The Balaban J connectivity index is 2.17. The van der Waals surface area contributed by atoms with Crippen molar-refractivity contribution in [3.8, 4) is 17.2 Å². The maximum Gasteiger partial charge on any atom is 0.321 e. The van der Waals surface area contributed by atoms with Gasteiger partial charge in [0.25, 0.3) is 0 Å². The summed E-state index contributed by atoms with van der Waals surface area (Å²) in [5, 5.41) is 3.72. The summed E-state index contributed by atoms with van der Waals surface area (Å²) in [5.74, 6) is -2.51. The Morgan fingerprint density at radius 2 is 1.94 bits per heavy atom. The molecule has 1 unspecified atom stereocenters. The van der Waals surface area contributed by atoms with Crippen LogP contribution in [-0.2, 0) is 6.54 Å². The average molecular weight is 485 g/mol. The fourth-order valence-electron chi connectivity index (χ4n) is 3.10. The van der Waals surface area contributed by atoms with Crippen molar-refractivity contribution in [2.45, 2.75) is 6.54 Å². The Kier molecular flexibility index (Phi) is 7.48. The Bertz CT molecular complexity index is 1150. The maximum absolute atomic E-state index is 15.0. The molecule has 1 amide bonds. The summed E-state index contributed by atoms with van der Waals surface area (Å²) >= 11 is 5.74. The average Bonchev–Trinajstić information content (AvgIpc) is 3.20. The van der Waals surface area contributed by atoms with E-state index in [2.05, 4.69) is 16.7 Å². The molecule has 2 heterocycles. The van der Waals surface area contributed by atoms with Crippen LogP contribution in [0, 0.1) is 11.6 Å². The number of benzene rings is 1. The number of methoxy groups -OCH3 is 2. The number of aromatic nitrogens is 3. The van der Waals surface area contributed by atoms with Gasteiger partial charge in [0.05, 0.1) is 32.3 Å². The molecule has 170 valence electrons. The molecule has 32 heavy (non-hydrogen) atoms. The summed E-state index contributed by atoms with van der Waals surface area (Å²) in [6.45, 7) is 5.37. The van der Waals surface area contributed by atoms with E-state index in [1.54, 1.807) is 16.7 Å². The molecule has 0 aliphatic rings. The summed E-state index contributed by atoms with van der Waals surface area (Å²) in [4.78, 5) is 17.4. The smallest absolute Gasteiger partial charge is 0.321 e. The first kappa shape index (κ1) is 23.7. The van der Waals surface area contributed by atoms with Crippen molar-refractivity contribution in [3.63, 3.8) is 0 Å². The van der Waals surface area contributed by atoms with Gasteiger partial charge in [-0.05, 0) is 18.3 Å². The molecule has 1 aromatic carbocycles. The van der Waals surface area contributed by atoms with E-state index < -0.39 is 22.7 Å². The number of hydrogen-bond acceptors (Lipinski definition) is 6. The molecule has 1 atom stereocenters. The number of fused-ring (bicyclic) bond motifs is 1. The zero-order valence-electron chi connectivity index (χ0n) is 17.5. The molecule has 3 aromatic rings. The zero-order valence-corrected chi connectivity index (χ0v) is 19.2. The van der Waals surface area contributed by atoms with Crippen molar-refractivity contribution in [2.75, 3.05) is 32.4 Å². The number of ether oxygens (including phenoxy) is 3. The van der Waals surface area contributed by atoms with Gasteiger partial charge in [0.1, 0.15) is 18.0 Å². The molecule has 12 heteroatoms. The molecule has 0 radical (unpaired) electrons. The molecule has 0 fully saturated rings. The Labute approximate surface area is 189 Å². The van der Waals surface area contributed by atoms with E-state index in [-0.39, 0.29) is 24.7 Å². The molecule has 3 rings (SSSR count). The minimum absolute atomic E-state index is 0.149. The number of nitrogens with zero attached hydrogens (tertiary/aromatic N) is 4. The van der Waals surface area contributed by atoms with E-state index in [1.807, 2.05) is 6.66 Å². The zero-order chi connectivity index (χ0) is 23.4. The molecule has 0 spiro atoms. The van der Waals surface area contributed by atoms with E-state index in [0.29, 0.717) is 36.0 Å². The van der Waals surface area contributed by atoms with Gasteiger partial charge in [-0.1, -0.05) is 12.7 Å². The number of amides is 1. The molecule has 0 aliphatic carbocycles.